The second kappa shape index (κ2) is 4.79. The first kappa shape index (κ1) is 12.0. The van der Waals surface area contributed by atoms with Gasteiger partial charge in [0.05, 0.1) is 0 Å². The second-order valence-electron chi connectivity index (χ2n) is 3.73. The van der Waals surface area contributed by atoms with E-state index in [-0.39, 0.29) is 0 Å². The van der Waals surface area contributed by atoms with Crippen LogP contribution in [0.2, 0.25) is 0 Å². The monoisotopic (exact) mass is 272 g/mol. The van der Waals surface area contributed by atoms with Crippen LogP contribution in [0, 0.1) is 0 Å². The Bertz CT molecular complexity index is 547. The van der Waals surface area contributed by atoms with Crippen molar-refractivity contribution in [2.45, 2.75) is 6.42 Å². The van der Waals surface area contributed by atoms with Crippen LogP contribution in [-0.2, 0) is 11.0 Å². The first-order valence-electron chi connectivity index (χ1n) is 5.01. The van der Waals surface area contributed by atoms with Crippen LogP contribution >= 0.6 is 28.3 Å². The normalized spacial score (nSPS) is 11.9. The third-order valence-corrected chi connectivity index (χ3v) is 4.23. The fraction of sp³-hybridized carbons (Fsp3) is 0.167. The summed E-state index contributed by atoms with van der Waals surface area (Å²) in [4.78, 5) is 0. The van der Waals surface area contributed by atoms with Gasteiger partial charge in [-0.1, -0.05) is 42.5 Å². The summed E-state index contributed by atoms with van der Waals surface area (Å²) < 4.78 is 11.2. The molecular weight excluding hydrogens is 262 g/mol. The lowest BCUT2D eigenvalue weighted by Gasteiger charge is -2.04. The molecule has 84 valence electrons. The molecule has 0 aliphatic carbocycles. The van der Waals surface area contributed by atoms with Crippen molar-refractivity contribution in [3.63, 3.8) is 0 Å². The molecule has 4 heteroatoms. The van der Waals surface area contributed by atoms with Crippen LogP contribution < -0.4 is 0 Å². The van der Waals surface area contributed by atoms with E-state index < -0.39 is 5.85 Å². The summed E-state index contributed by atoms with van der Waals surface area (Å²) in [6.45, 7) is 0. The topological polar surface area (TPSA) is 17.1 Å². The van der Waals surface area contributed by atoms with Gasteiger partial charge in [-0.05, 0) is 45.2 Å². The van der Waals surface area contributed by atoms with Gasteiger partial charge in [-0.3, -0.25) is 4.57 Å². The zero-order chi connectivity index (χ0) is 11.6. The van der Waals surface area contributed by atoms with E-state index in [9.17, 15) is 4.57 Å². The van der Waals surface area contributed by atoms with Crippen LogP contribution in [-0.4, -0.2) is 6.16 Å². The molecule has 0 amide bonds. The average Bonchev–Trinajstić information content (AvgIpc) is 2.25. The Kier molecular flexibility index (Phi) is 3.59. The fourth-order valence-electron chi connectivity index (χ4n) is 1.65. The average molecular weight is 273 g/mol. The zero-order valence-corrected chi connectivity index (χ0v) is 11.0. The lowest BCUT2D eigenvalue weighted by Crippen LogP contribution is -1.88. The Balaban J connectivity index is 2.23. The highest BCUT2D eigenvalue weighted by molar-refractivity contribution is 8.08. The van der Waals surface area contributed by atoms with Crippen molar-refractivity contribution < 1.29 is 4.57 Å². The highest BCUT2D eigenvalue weighted by atomic mass is 35.9. The molecule has 2 rings (SSSR count). The first-order valence-corrected chi connectivity index (χ1v) is 8.71. The van der Waals surface area contributed by atoms with Crippen LogP contribution in [0.25, 0.3) is 10.8 Å². The minimum absolute atomic E-state index is 0.328. The molecule has 0 aliphatic rings. The van der Waals surface area contributed by atoms with Crippen molar-refractivity contribution in [2.75, 3.05) is 6.16 Å². The van der Waals surface area contributed by atoms with Gasteiger partial charge in [0, 0.05) is 6.16 Å². The molecule has 2 aromatic carbocycles. The molecule has 0 heterocycles. The minimum Gasteiger partial charge on any atom is -0.289 e. The molecule has 0 atom stereocenters. The van der Waals surface area contributed by atoms with Gasteiger partial charge in [0.25, 0.3) is 5.85 Å². The number of hydrogen-bond donors (Lipinski definition) is 0. The van der Waals surface area contributed by atoms with Crippen LogP contribution in [0.15, 0.2) is 42.5 Å². The smallest absolute Gasteiger partial charge is 0.253 e. The van der Waals surface area contributed by atoms with E-state index in [0.29, 0.717) is 12.6 Å². The molecular formula is C12H11Cl2OP. The highest BCUT2D eigenvalue weighted by Gasteiger charge is 2.13. The summed E-state index contributed by atoms with van der Waals surface area (Å²) in [6.07, 6.45) is 0.976. The summed E-state index contributed by atoms with van der Waals surface area (Å²) in [5, 5.41) is 2.38. The Labute approximate surface area is 104 Å². The SMILES string of the molecule is O=P(Cl)(Cl)CCc1ccc2ccccc2c1. The molecule has 0 saturated heterocycles. The molecule has 0 spiro atoms. The summed E-state index contributed by atoms with van der Waals surface area (Å²) >= 11 is 11.0. The molecule has 0 aromatic heterocycles. The molecule has 0 aliphatic heterocycles. The first-order chi connectivity index (χ1) is 7.54. The van der Waals surface area contributed by atoms with Gasteiger partial charge in [0.1, 0.15) is 0 Å². The second-order valence-corrected chi connectivity index (χ2v) is 9.11. The van der Waals surface area contributed by atoms with Gasteiger partial charge in [0.2, 0.25) is 0 Å². The highest BCUT2D eigenvalue weighted by Crippen LogP contribution is 2.56. The number of fused-ring (bicyclic) bond motifs is 1. The standard InChI is InChI=1S/C12H11Cl2OP/c13-16(14,15)8-7-10-5-6-11-3-1-2-4-12(11)9-10/h1-6,9H,7-8H2. The molecule has 16 heavy (non-hydrogen) atoms. The molecule has 0 bridgehead atoms. The van der Waals surface area contributed by atoms with Gasteiger partial charge in [-0.15, -0.1) is 0 Å². The number of halogens is 2. The van der Waals surface area contributed by atoms with Gasteiger partial charge in [-0.25, -0.2) is 0 Å². The Hall–Kier alpha value is -0.490. The molecule has 1 nitrogen and oxygen atoms in total. The predicted molar refractivity (Wildman–Crippen MR) is 71.8 cm³/mol. The third-order valence-electron chi connectivity index (χ3n) is 2.47. The predicted octanol–water partition coefficient (Wildman–Crippen LogP) is 5.05. The summed E-state index contributed by atoms with van der Waals surface area (Å²) in [5.74, 6) is -2.95. The zero-order valence-electron chi connectivity index (χ0n) is 8.57. The van der Waals surface area contributed by atoms with E-state index in [1.165, 1.54) is 10.8 Å². The van der Waals surface area contributed by atoms with Gasteiger partial charge in [0.15, 0.2) is 0 Å². The molecule has 0 unspecified atom stereocenters. The number of aryl methyl sites for hydroxylation is 1. The lowest BCUT2D eigenvalue weighted by atomic mass is 10.1. The van der Waals surface area contributed by atoms with E-state index >= 15 is 0 Å². The van der Waals surface area contributed by atoms with Gasteiger partial charge >= 0.3 is 0 Å². The van der Waals surface area contributed by atoms with E-state index in [1.54, 1.807) is 0 Å². The maximum absolute atomic E-state index is 11.2. The van der Waals surface area contributed by atoms with Crippen LogP contribution in [0.1, 0.15) is 5.56 Å². The summed E-state index contributed by atoms with van der Waals surface area (Å²) in [7, 11) is 0. The number of rotatable bonds is 3. The van der Waals surface area contributed by atoms with E-state index in [2.05, 4.69) is 24.3 Å². The summed E-state index contributed by atoms with van der Waals surface area (Å²) in [5.41, 5.74) is 1.11. The number of benzene rings is 2. The van der Waals surface area contributed by atoms with Crippen molar-refractivity contribution in [3.8, 4) is 0 Å². The Morgan fingerprint density at radius 1 is 1.00 bits per heavy atom. The maximum atomic E-state index is 11.2. The van der Waals surface area contributed by atoms with Crippen molar-refractivity contribution in [1.82, 2.24) is 0 Å². The van der Waals surface area contributed by atoms with E-state index in [0.717, 1.165) is 5.56 Å². The Morgan fingerprint density at radius 2 is 1.69 bits per heavy atom. The quantitative estimate of drug-likeness (QED) is 0.715. The fourth-order valence-corrected chi connectivity index (χ4v) is 2.68. The van der Waals surface area contributed by atoms with Crippen molar-refractivity contribution in [1.29, 1.82) is 0 Å². The van der Waals surface area contributed by atoms with E-state index in [4.69, 9.17) is 22.5 Å². The molecule has 0 radical (unpaired) electrons. The largest absolute Gasteiger partial charge is 0.289 e. The molecule has 0 saturated carbocycles. The minimum atomic E-state index is -2.95. The lowest BCUT2D eigenvalue weighted by molar-refractivity contribution is 0.592. The molecule has 0 N–H and O–H groups in total. The molecule has 2 aromatic rings. The van der Waals surface area contributed by atoms with Crippen molar-refractivity contribution in [2.24, 2.45) is 0 Å². The number of hydrogen-bond acceptors (Lipinski definition) is 1. The van der Waals surface area contributed by atoms with Gasteiger partial charge < -0.3 is 0 Å². The van der Waals surface area contributed by atoms with Crippen molar-refractivity contribution >= 4 is 39.1 Å². The summed E-state index contributed by atoms with van der Waals surface area (Å²) in [6, 6.07) is 14.3. The molecule has 0 fully saturated rings. The van der Waals surface area contributed by atoms with Gasteiger partial charge in [-0.2, -0.15) is 0 Å². The van der Waals surface area contributed by atoms with E-state index in [1.807, 2.05) is 18.2 Å². The Morgan fingerprint density at radius 3 is 2.38 bits per heavy atom. The van der Waals surface area contributed by atoms with Crippen LogP contribution in [0.5, 0.6) is 0 Å². The van der Waals surface area contributed by atoms with Crippen LogP contribution in [0.4, 0.5) is 0 Å². The van der Waals surface area contributed by atoms with Crippen molar-refractivity contribution in [3.05, 3.63) is 48.0 Å². The third kappa shape index (κ3) is 3.25. The van der Waals surface area contributed by atoms with Crippen LogP contribution in [0.3, 0.4) is 0 Å². The maximum Gasteiger partial charge on any atom is 0.253 e.